The minimum absolute atomic E-state index is 0.0389. The van der Waals surface area contributed by atoms with E-state index in [4.69, 9.17) is 5.26 Å². The summed E-state index contributed by atoms with van der Waals surface area (Å²) in [4.78, 5) is 56.8. The fourth-order valence-electron chi connectivity index (χ4n) is 6.64. The van der Waals surface area contributed by atoms with Crippen molar-refractivity contribution < 1.29 is 19.2 Å². The molecule has 12 heteroatoms. The number of aromatic nitrogens is 2. The number of nitrogens with one attached hydrogen (secondary N) is 3. The Kier molecular flexibility index (Phi) is 12.2. The molecule has 1 aliphatic heterocycles. The van der Waals surface area contributed by atoms with Crippen LogP contribution in [-0.4, -0.2) is 81.5 Å². The maximum atomic E-state index is 13.7. The third-order valence-electron chi connectivity index (χ3n) is 9.53. The van der Waals surface area contributed by atoms with Gasteiger partial charge in [0.2, 0.25) is 17.7 Å². The van der Waals surface area contributed by atoms with Gasteiger partial charge in [-0.15, -0.1) is 0 Å². The van der Waals surface area contributed by atoms with Crippen molar-refractivity contribution in [3.63, 3.8) is 0 Å². The van der Waals surface area contributed by atoms with E-state index in [-0.39, 0.29) is 36.0 Å². The van der Waals surface area contributed by atoms with Crippen molar-refractivity contribution in [1.29, 1.82) is 5.26 Å². The molecule has 2 aromatic carbocycles. The monoisotopic (exact) mass is 666 g/mol. The quantitative estimate of drug-likeness (QED) is 0.268. The van der Waals surface area contributed by atoms with Crippen molar-refractivity contribution in [2.24, 2.45) is 13.0 Å². The Morgan fingerprint density at radius 1 is 0.898 bits per heavy atom. The van der Waals surface area contributed by atoms with Gasteiger partial charge >= 0.3 is 0 Å². The fourth-order valence-corrected chi connectivity index (χ4v) is 6.64. The third-order valence-corrected chi connectivity index (χ3v) is 9.53. The number of benzene rings is 2. The molecule has 2 fully saturated rings. The van der Waals surface area contributed by atoms with Crippen LogP contribution in [0.4, 0.5) is 5.69 Å². The van der Waals surface area contributed by atoms with E-state index in [1.165, 1.54) is 4.68 Å². The molecule has 2 unspecified atom stereocenters. The van der Waals surface area contributed by atoms with Gasteiger partial charge in [0.1, 0.15) is 17.8 Å². The second kappa shape index (κ2) is 16.9. The number of nitrogens with zero attached hydrogens (tertiary/aromatic N) is 5. The first-order chi connectivity index (χ1) is 23.7. The van der Waals surface area contributed by atoms with Gasteiger partial charge in [-0.25, -0.2) is 0 Å². The molecular weight excluding hydrogens is 620 g/mol. The van der Waals surface area contributed by atoms with E-state index in [1.807, 2.05) is 41.3 Å². The molecule has 1 saturated heterocycles. The highest BCUT2D eigenvalue weighted by Crippen LogP contribution is 2.28. The molecule has 2 atom stereocenters. The number of aryl methyl sites for hydroxylation is 1. The number of carbonyl (C=O) groups is 4. The van der Waals surface area contributed by atoms with Gasteiger partial charge < -0.3 is 20.9 Å². The van der Waals surface area contributed by atoms with Gasteiger partial charge in [0, 0.05) is 64.5 Å². The van der Waals surface area contributed by atoms with Crippen molar-refractivity contribution in [3.05, 3.63) is 83.2 Å². The SMILES string of the molecule is CCC(=O)NC(Cc1ccc(NC(=O)C(NC(=O)c2ccnn2C)C2CCCCC2)cc1)C(=O)N1CCN(Cc2ccc(C#N)cc2)CC1. The van der Waals surface area contributed by atoms with Crippen molar-refractivity contribution in [2.45, 2.75) is 70.5 Å². The first-order valence-corrected chi connectivity index (χ1v) is 17.2. The Labute approximate surface area is 287 Å². The molecule has 0 spiro atoms. The van der Waals surface area contributed by atoms with E-state index in [1.54, 1.807) is 38.4 Å². The van der Waals surface area contributed by atoms with Gasteiger partial charge in [-0.1, -0.05) is 50.5 Å². The van der Waals surface area contributed by atoms with Crippen molar-refractivity contribution in [1.82, 2.24) is 30.2 Å². The zero-order chi connectivity index (χ0) is 34.8. The van der Waals surface area contributed by atoms with Crippen molar-refractivity contribution in [2.75, 3.05) is 31.5 Å². The summed E-state index contributed by atoms with van der Waals surface area (Å²) in [6.07, 6.45) is 7.05. The van der Waals surface area contributed by atoms with Gasteiger partial charge in [0.05, 0.1) is 11.6 Å². The highest BCUT2D eigenvalue weighted by Gasteiger charge is 2.32. The lowest BCUT2D eigenvalue weighted by Crippen LogP contribution is -2.55. The van der Waals surface area contributed by atoms with E-state index in [2.05, 4.69) is 32.0 Å². The van der Waals surface area contributed by atoms with Crippen molar-refractivity contribution in [3.8, 4) is 6.07 Å². The first kappa shape index (κ1) is 35.3. The number of rotatable bonds is 12. The number of hydrogen-bond acceptors (Lipinski definition) is 7. The van der Waals surface area contributed by atoms with Crippen LogP contribution < -0.4 is 16.0 Å². The Balaban J connectivity index is 1.19. The summed E-state index contributed by atoms with van der Waals surface area (Å²) in [5.41, 5.74) is 3.57. The molecule has 1 saturated carbocycles. The van der Waals surface area contributed by atoms with E-state index < -0.39 is 12.1 Å². The summed E-state index contributed by atoms with van der Waals surface area (Å²) in [6, 6.07) is 17.2. The lowest BCUT2D eigenvalue weighted by Gasteiger charge is -2.36. The Bertz CT molecular complexity index is 1630. The van der Waals surface area contributed by atoms with Gasteiger partial charge in [-0.05, 0) is 60.2 Å². The van der Waals surface area contributed by atoms with Crippen LogP contribution in [0, 0.1) is 17.2 Å². The maximum absolute atomic E-state index is 13.7. The number of anilines is 1. The molecule has 1 aromatic heterocycles. The first-order valence-electron chi connectivity index (χ1n) is 17.2. The van der Waals surface area contributed by atoms with Gasteiger partial charge in [-0.3, -0.25) is 28.8 Å². The molecule has 2 heterocycles. The molecule has 0 radical (unpaired) electrons. The molecule has 3 aromatic rings. The molecular formula is C37H46N8O4. The summed E-state index contributed by atoms with van der Waals surface area (Å²) in [5, 5.41) is 22.0. The van der Waals surface area contributed by atoms with E-state index >= 15 is 0 Å². The van der Waals surface area contributed by atoms with E-state index in [9.17, 15) is 19.2 Å². The summed E-state index contributed by atoms with van der Waals surface area (Å²) in [5.74, 6) is -0.868. The predicted molar refractivity (Wildman–Crippen MR) is 185 cm³/mol. The largest absolute Gasteiger partial charge is 0.344 e. The molecule has 12 nitrogen and oxygen atoms in total. The van der Waals surface area contributed by atoms with Gasteiger partial charge in [-0.2, -0.15) is 10.4 Å². The molecule has 49 heavy (non-hydrogen) atoms. The number of hydrogen-bond donors (Lipinski definition) is 3. The van der Waals surface area contributed by atoms with Gasteiger partial charge in [0.15, 0.2) is 0 Å². The predicted octanol–water partition coefficient (Wildman–Crippen LogP) is 3.39. The Hall–Kier alpha value is -5.02. The maximum Gasteiger partial charge on any atom is 0.270 e. The second-order valence-electron chi connectivity index (χ2n) is 13.0. The Morgan fingerprint density at radius 3 is 2.18 bits per heavy atom. The van der Waals surface area contributed by atoms with Crippen LogP contribution in [0.25, 0.3) is 0 Å². The second-order valence-corrected chi connectivity index (χ2v) is 13.0. The minimum Gasteiger partial charge on any atom is -0.344 e. The Morgan fingerprint density at radius 2 is 1.57 bits per heavy atom. The zero-order valence-electron chi connectivity index (χ0n) is 28.4. The summed E-state index contributed by atoms with van der Waals surface area (Å²) in [6.45, 7) is 5.02. The van der Waals surface area contributed by atoms with E-state index in [0.717, 1.165) is 49.8 Å². The fraction of sp³-hybridized carbons (Fsp3) is 0.459. The molecule has 4 amide bonds. The standard InChI is InChI=1S/C37H46N8O4/c1-3-33(46)41-31(37(49)45-21-19-44(20-22-45)25-28-11-9-27(24-38)10-12-28)23-26-13-15-30(16-14-26)40-36(48)34(29-7-5-4-6-8-29)42-35(47)32-17-18-39-43(32)2/h9-18,29,31,34H,3-8,19-23,25H2,1-2H3,(H,40,48)(H,41,46)(H,42,47). The summed E-state index contributed by atoms with van der Waals surface area (Å²) < 4.78 is 1.49. The van der Waals surface area contributed by atoms with Crippen molar-refractivity contribution >= 4 is 29.3 Å². The topological polar surface area (TPSA) is 152 Å². The highest BCUT2D eigenvalue weighted by atomic mass is 16.2. The smallest absolute Gasteiger partial charge is 0.270 e. The summed E-state index contributed by atoms with van der Waals surface area (Å²) >= 11 is 0. The minimum atomic E-state index is -0.712. The van der Waals surface area contributed by atoms with Crippen LogP contribution in [0.3, 0.4) is 0 Å². The lowest BCUT2D eigenvalue weighted by molar-refractivity contribution is -0.138. The number of carbonyl (C=O) groups excluding carboxylic acids is 4. The number of amides is 4. The molecule has 1 aliphatic carbocycles. The van der Waals surface area contributed by atoms with Crippen LogP contribution >= 0.6 is 0 Å². The summed E-state index contributed by atoms with van der Waals surface area (Å²) in [7, 11) is 1.69. The zero-order valence-corrected chi connectivity index (χ0v) is 28.4. The van der Waals surface area contributed by atoms with Gasteiger partial charge in [0.25, 0.3) is 5.91 Å². The average molecular weight is 667 g/mol. The molecule has 258 valence electrons. The molecule has 5 rings (SSSR count). The van der Waals surface area contributed by atoms with Crippen LogP contribution in [0.2, 0.25) is 0 Å². The molecule has 3 N–H and O–H groups in total. The normalized spacial score (nSPS) is 16.6. The van der Waals surface area contributed by atoms with Crippen LogP contribution in [0.15, 0.2) is 60.8 Å². The van der Waals surface area contributed by atoms with Crippen LogP contribution in [0.1, 0.15) is 72.6 Å². The molecule has 0 bridgehead atoms. The molecule has 2 aliphatic rings. The van der Waals surface area contributed by atoms with Crippen LogP contribution in [0.5, 0.6) is 0 Å². The lowest BCUT2D eigenvalue weighted by atomic mass is 9.83. The third kappa shape index (κ3) is 9.54. The number of piperazine rings is 1. The highest BCUT2D eigenvalue weighted by molar-refractivity contribution is 6.00. The number of nitriles is 1. The van der Waals surface area contributed by atoms with Crippen LogP contribution in [-0.2, 0) is 34.4 Å². The average Bonchev–Trinajstić information content (AvgIpc) is 3.57. The van der Waals surface area contributed by atoms with E-state index in [0.29, 0.717) is 49.5 Å².